The lowest BCUT2D eigenvalue weighted by molar-refractivity contribution is -0.145. The summed E-state index contributed by atoms with van der Waals surface area (Å²) in [7, 11) is 1.42. The molecule has 0 bridgehead atoms. The number of benzene rings is 1. The van der Waals surface area contributed by atoms with Gasteiger partial charge in [0.1, 0.15) is 12.1 Å². The molecule has 3 rings (SSSR count). The van der Waals surface area contributed by atoms with Crippen LogP contribution in [0.5, 0.6) is 0 Å². The number of piperidine rings is 1. The van der Waals surface area contributed by atoms with Crippen LogP contribution in [0.1, 0.15) is 12.8 Å². The first kappa shape index (κ1) is 15.3. The molecule has 2 aromatic rings. The third-order valence-electron chi connectivity index (χ3n) is 3.89. The molecule has 1 saturated heterocycles. The minimum absolute atomic E-state index is 0.140. The average molecular weight is 340 g/mol. The summed E-state index contributed by atoms with van der Waals surface area (Å²) in [5, 5.41) is 1.83. The van der Waals surface area contributed by atoms with Crippen LogP contribution >= 0.6 is 23.2 Å². The number of aromatic nitrogens is 2. The first-order chi connectivity index (χ1) is 10.6. The van der Waals surface area contributed by atoms with E-state index in [-0.39, 0.29) is 11.9 Å². The minimum Gasteiger partial charge on any atom is -0.469 e. The number of ether oxygens (including phenoxy) is 1. The zero-order valence-electron chi connectivity index (χ0n) is 12.1. The van der Waals surface area contributed by atoms with Gasteiger partial charge in [-0.05, 0) is 25.0 Å². The highest BCUT2D eigenvalue weighted by atomic mass is 35.5. The van der Waals surface area contributed by atoms with Crippen molar-refractivity contribution in [2.45, 2.75) is 12.8 Å². The molecule has 1 atom stereocenters. The smallest absolute Gasteiger partial charge is 0.310 e. The Labute approximate surface area is 138 Å². The number of nitrogens with zero attached hydrogens (tertiary/aromatic N) is 3. The molecule has 1 aliphatic heterocycles. The lowest BCUT2D eigenvalue weighted by Gasteiger charge is -2.32. The molecule has 0 spiro atoms. The number of rotatable bonds is 2. The van der Waals surface area contributed by atoms with Gasteiger partial charge < -0.3 is 9.64 Å². The molecule has 1 aromatic carbocycles. The Balaban J connectivity index is 2.01. The third kappa shape index (κ3) is 2.83. The summed E-state index contributed by atoms with van der Waals surface area (Å²) >= 11 is 12.3. The summed E-state index contributed by atoms with van der Waals surface area (Å²) in [4.78, 5) is 22.5. The number of carbonyl (C=O) groups is 1. The van der Waals surface area contributed by atoms with Gasteiger partial charge in [0.05, 0.1) is 23.6 Å². The molecule has 2 heterocycles. The number of hydrogen-bond donors (Lipinski definition) is 0. The van der Waals surface area contributed by atoms with Crippen LogP contribution in [0.3, 0.4) is 0 Å². The molecule has 5 nitrogen and oxygen atoms in total. The number of halogens is 2. The Kier molecular flexibility index (Phi) is 4.36. The van der Waals surface area contributed by atoms with Crippen LogP contribution in [0.25, 0.3) is 10.9 Å². The zero-order chi connectivity index (χ0) is 15.7. The Morgan fingerprint density at radius 1 is 1.36 bits per heavy atom. The first-order valence-corrected chi connectivity index (χ1v) is 7.78. The van der Waals surface area contributed by atoms with E-state index in [4.69, 9.17) is 27.9 Å². The predicted molar refractivity (Wildman–Crippen MR) is 86.5 cm³/mol. The van der Waals surface area contributed by atoms with Gasteiger partial charge in [-0.2, -0.15) is 0 Å². The lowest BCUT2D eigenvalue weighted by atomic mass is 9.98. The van der Waals surface area contributed by atoms with Gasteiger partial charge in [0.25, 0.3) is 0 Å². The topological polar surface area (TPSA) is 55.3 Å². The molecule has 0 N–H and O–H groups in total. The van der Waals surface area contributed by atoms with Gasteiger partial charge in [-0.1, -0.05) is 23.2 Å². The Hall–Kier alpha value is -1.59. The van der Waals surface area contributed by atoms with Gasteiger partial charge in [0.15, 0.2) is 0 Å². The maximum Gasteiger partial charge on any atom is 0.310 e. The summed E-state index contributed by atoms with van der Waals surface area (Å²) in [6, 6.07) is 3.47. The molecule has 0 amide bonds. The van der Waals surface area contributed by atoms with Crippen molar-refractivity contribution < 1.29 is 9.53 Å². The van der Waals surface area contributed by atoms with Gasteiger partial charge in [-0.25, -0.2) is 9.97 Å². The van der Waals surface area contributed by atoms with Gasteiger partial charge in [-0.3, -0.25) is 4.79 Å². The number of hydrogen-bond acceptors (Lipinski definition) is 5. The highest BCUT2D eigenvalue weighted by molar-refractivity contribution is 6.38. The number of esters is 1. The summed E-state index contributed by atoms with van der Waals surface area (Å²) in [6.45, 7) is 1.40. The van der Waals surface area contributed by atoms with Crippen molar-refractivity contribution in [1.29, 1.82) is 0 Å². The second kappa shape index (κ2) is 6.26. The molecule has 116 valence electrons. The van der Waals surface area contributed by atoms with Crippen molar-refractivity contribution in [2.75, 3.05) is 25.1 Å². The third-order valence-corrected chi connectivity index (χ3v) is 4.40. The second-order valence-electron chi connectivity index (χ2n) is 5.29. The summed E-state index contributed by atoms with van der Waals surface area (Å²) in [5.41, 5.74) is 0.663. The molecule has 0 aliphatic carbocycles. The predicted octanol–water partition coefficient (Wildman–Crippen LogP) is 3.33. The highest BCUT2D eigenvalue weighted by Crippen LogP contribution is 2.33. The van der Waals surface area contributed by atoms with Crippen molar-refractivity contribution in [3.8, 4) is 0 Å². The molecular weight excluding hydrogens is 325 g/mol. The fourth-order valence-corrected chi connectivity index (χ4v) is 3.40. The van der Waals surface area contributed by atoms with Crippen molar-refractivity contribution in [1.82, 2.24) is 9.97 Å². The van der Waals surface area contributed by atoms with Crippen LogP contribution in [-0.4, -0.2) is 36.1 Å². The van der Waals surface area contributed by atoms with E-state index in [2.05, 4.69) is 14.9 Å². The quantitative estimate of drug-likeness (QED) is 0.785. The maximum absolute atomic E-state index is 11.8. The van der Waals surface area contributed by atoms with E-state index in [1.807, 2.05) is 0 Å². The number of fused-ring (bicyclic) bond motifs is 1. The van der Waals surface area contributed by atoms with Crippen molar-refractivity contribution >= 4 is 45.9 Å². The SMILES string of the molecule is COC(=O)C1CCCN(c2ncnc3c(Cl)cc(Cl)cc23)C1. The molecule has 1 unspecified atom stereocenters. The van der Waals surface area contributed by atoms with E-state index >= 15 is 0 Å². The fraction of sp³-hybridized carbons (Fsp3) is 0.400. The standard InChI is InChI=1S/C15H15Cl2N3O2/c1-22-15(21)9-3-2-4-20(7-9)14-11-5-10(16)6-12(17)13(11)18-8-19-14/h5-6,8-9H,2-4,7H2,1H3. The molecule has 22 heavy (non-hydrogen) atoms. The summed E-state index contributed by atoms with van der Waals surface area (Å²) in [6.07, 6.45) is 3.21. The molecule has 0 saturated carbocycles. The van der Waals surface area contributed by atoms with Crippen LogP contribution in [0, 0.1) is 5.92 Å². The zero-order valence-corrected chi connectivity index (χ0v) is 13.6. The number of anilines is 1. The van der Waals surface area contributed by atoms with E-state index in [1.165, 1.54) is 13.4 Å². The molecule has 1 aliphatic rings. The Bertz CT molecular complexity index is 723. The number of methoxy groups -OCH3 is 1. The van der Waals surface area contributed by atoms with E-state index in [0.717, 1.165) is 30.6 Å². The first-order valence-electron chi connectivity index (χ1n) is 7.02. The van der Waals surface area contributed by atoms with Crippen LogP contribution in [0.15, 0.2) is 18.5 Å². The van der Waals surface area contributed by atoms with Gasteiger partial charge in [0, 0.05) is 23.5 Å². The molecule has 0 radical (unpaired) electrons. The van der Waals surface area contributed by atoms with E-state index < -0.39 is 0 Å². The second-order valence-corrected chi connectivity index (χ2v) is 6.13. The van der Waals surface area contributed by atoms with Crippen LogP contribution in [-0.2, 0) is 9.53 Å². The molecule has 1 aromatic heterocycles. The van der Waals surface area contributed by atoms with Crippen LogP contribution in [0.4, 0.5) is 5.82 Å². The monoisotopic (exact) mass is 339 g/mol. The van der Waals surface area contributed by atoms with Gasteiger partial charge in [-0.15, -0.1) is 0 Å². The minimum atomic E-state index is -0.181. The summed E-state index contributed by atoms with van der Waals surface area (Å²) < 4.78 is 4.86. The Morgan fingerprint density at radius 2 is 2.18 bits per heavy atom. The maximum atomic E-state index is 11.8. The van der Waals surface area contributed by atoms with Crippen molar-refractivity contribution in [3.05, 3.63) is 28.5 Å². The number of carbonyl (C=O) groups excluding carboxylic acids is 1. The fourth-order valence-electron chi connectivity index (χ4n) is 2.86. The van der Waals surface area contributed by atoms with Crippen molar-refractivity contribution in [2.24, 2.45) is 5.92 Å². The van der Waals surface area contributed by atoms with Gasteiger partial charge >= 0.3 is 5.97 Å². The largest absolute Gasteiger partial charge is 0.469 e. The normalized spacial score (nSPS) is 18.5. The van der Waals surface area contributed by atoms with E-state index in [9.17, 15) is 4.79 Å². The van der Waals surface area contributed by atoms with E-state index in [1.54, 1.807) is 12.1 Å². The lowest BCUT2D eigenvalue weighted by Crippen LogP contribution is -2.39. The molecule has 7 heteroatoms. The van der Waals surface area contributed by atoms with Crippen LogP contribution in [0.2, 0.25) is 10.0 Å². The Morgan fingerprint density at radius 3 is 2.95 bits per heavy atom. The average Bonchev–Trinajstić information content (AvgIpc) is 2.53. The van der Waals surface area contributed by atoms with E-state index in [0.29, 0.717) is 22.1 Å². The van der Waals surface area contributed by atoms with Crippen molar-refractivity contribution in [3.63, 3.8) is 0 Å². The molecular formula is C15H15Cl2N3O2. The van der Waals surface area contributed by atoms with Gasteiger partial charge in [0.2, 0.25) is 0 Å². The molecule has 1 fully saturated rings. The highest BCUT2D eigenvalue weighted by Gasteiger charge is 2.28. The van der Waals surface area contributed by atoms with Crippen LogP contribution < -0.4 is 4.90 Å². The summed E-state index contributed by atoms with van der Waals surface area (Å²) in [5.74, 6) is 0.431.